The van der Waals surface area contributed by atoms with E-state index in [0.717, 1.165) is 12.8 Å². The SMILES string of the molecule is CC(=O)O[C@@H]1[C@H](OC(C)=O)[C@@H](COC2CC2)O[C@H]1n1cnc2c(Cl)nc(Cl)nc21. The highest BCUT2D eigenvalue weighted by Crippen LogP contribution is 2.37. The Labute approximate surface area is 175 Å². The largest absolute Gasteiger partial charge is 0.456 e. The van der Waals surface area contributed by atoms with E-state index in [1.807, 2.05) is 0 Å². The average Bonchev–Trinajstić information content (AvgIpc) is 3.28. The summed E-state index contributed by atoms with van der Waals surface area (Å²) < 4.78 is 24.3. The summed E-state index contributed by atoms with van der Waals surface area (Å²) in [5, 5.41) is 0.00220. The van der Waals surface area contributed by atoms with Crippen molar-refractivity contribution in [2.45, 2.75) is 57.3 Å². The number of esters is 2. The van der Waals surface area contributed by atoms with Crippen molar-refractivity contribution in [3.8, 4) is 0 Å². The van der Waals surface area contributed by atoms with Crippen molar-refractivity contribution in [3.63, 3.8) is 0 Å². The molecule has 2 aromatic heterocycles. The van der Waals surface area contributed by atoms with E-state index >= 15 is 0 Å². The Hall–Kier alpha value is -2.01. The number of rotatable bonds is 6. The maximum absolute atomic E-state index is 11.8. The standard InChI is InChI=1S/C17H18Cl2N4O6/c1-7(24)27-12-10(5-26-9-3-4-9)29-16(13(12)28-8(2)25)23-6-20-11-14(18)21-17(19)22-15(11)23/h6,9-10,12-13,16H,3-5H2,1-2H3/t10-,12-,13-,16-/m1/s1. The van der Waals surface area contributed by atoms with Crippen molar-refractivity contribution < 1.29 is 28.5 Å². The average molecular weight is 445 g/mol. The minimum Gasteiger partial charge on any atom is -0.456 e. The molecule has 2 aliphatic rings. The molecule has 4 rings (SSSR count). The number of carbonyl (C=O) groups is 2. The van der Waals surface area contributed by atoms with Crippen molar-refractivity contribution in [1.29, 1.82) is 0 Å². The van der Waals surface area contributed by atoms with Crippen molar-refractivity contribution in [2.75, 3.05) is 6.61 Å². The summed E-state index contributed by atoms with van der Waals surface area (Å²) in [5.74, 6) is -1.09. The number of hydrogen-bond donors (Lipinski definition) is 0. The fourth-order valence-electron chi connectivity index (χ4n) is 3.23. The highest BCUT2D eigenvalue weighted by Gasteiger charge is 2.51. The lowest BCUT2D eigenvalue weighted by atomic mass is 10.1. The molecule has 0 radical (unpaired) electrons. The van der Waals surface area contributed by atoms with Crippen LogP contribution in [0.25, 0.3) is 11.2 Å². The lowest BCUT2D eigenvalue weighted by molar-refractivity contribution is -0.166. The number of hydrogen-bond acceptors (Lipinski definition) is 9. The third kappa shape index (κ3) is 4.30. The first-order valence-corrected chi connectivity index (χ1v) is 9.76. The molecule has 0 unspecified atom stereocenters. The van der Waals surface area contributed by atoms with Crippen LogP contribution in [-0.2, 0) is 28.5 Å². The second kappa shape index (κ2) is 8.02. The Bertz CT molecular complexity index is 949. The Balaban J connectivity index is 1.71. The summed E-state index contributed by atoms with van der Waals surface area (Å²) in [4.78, 5) is 35.7. The van der Waals surface area contributed by atoms with Crippen molar-refractivity contribution in [2.24, 2.45) is 0 Å². The highest BCUT2D eigenvalue weighted by atomic mass is 35.5. The van der Waals surface area contributed by atoms with Crippen LogP contribution in [0.5, 0.6) is 0 Å². The Morgan fingerprint density at radius 3 is 2.52 bits per heavy atom. The molecule has 29 heavy (non-hydrogen) atoms. The summed E-state index contributed by atoms with van der Waals surface area (Å²) in [6.45, 7) is 2.72. The molecule has 1 saturated carbocycles. The molecular weight excluding hydrogens is 427 g/mol. The van der Waals surface area contributed by atoms with Gasteiger partial charge in [0.15, 0.2) is 29.2 Å². The van der Waals surface area contributed by atoms with Crippen LogP contribution >= 0.6 is 23.2 Å². The summed E-state index contributed by atoms with van der Waals surface area (Å²) in [6.07, 6.45) is 0.185. The Morgan fingerprint density at radius 2 is 1.86 bits per heavy atom. The molecule has 1 aliphatic heterocycles. The van der Waals surface area contributed by atoms with E-state index in [-0.39, 0.29) is 23.1 Å². The van der Waals surface area contributed by atoms with Crippen LogP contribution in [0.2, 0.25) is 10.4 Å². The Kier molecular flexibility index (Phi) is 5.60. The Morgan fingerprint density at radius 1 is 1.17 bits per heavy atom. The summed E-state index contributed by atoms with van der Waals surface area (Å²) in [5.41, 5.74) is 0.602. The lowest BCUT2D eigenvalue weighted by Gasteiger charge is -2.23. The topological polar surface area (TPSA) is 115 Å². The third-order valence-corrected chi connectivity index (χ3v) is 4.97. The van der Waals surface area contributed by atoms with Gasteiger partial charge in [0.25, 0.3) is 0 Å². The van der Waals surface area contributed by atoms with Gasteiger partial charge >= 0.3 is 11.9 Å². The molecule has 4 atom stereocenters. The van der Waals surface area contributed by atoms with E-state index in [0.29, 0.717) is 11.2 Å². The molecule has 0 amide bonds. The number of aromatic nitrogens is 4. The number of imidazole rings is 1. The predicted molar refractivity (Wildman–Crippen MR) is 99.3 cm³/mol. The second-order valence-electron chi connectivity index (χ2n) is 6.85. The van der Waals surface area contributed by atoms with Crippen LogP contribution in [0, 0.1) is 0 Å². The van der Waals surface area contributed by atoms with Gasteiger partial charge < -0.3 is 18.9 Å². The quantitative estimate of drug-likeness (QED) is 0.374. The van der Waals surface area contributed by atoms with Crippen LogP contribution in [-0.4, -0.2) is 62.5 Å². The first kappa shape index (κ1) is 20.3. The molecule has 2 aromatic rings. The van der Waals surface area contributed by atoms with Crippen LogP contribution in [0.3, 0.4) is 0 Å². The van der Waals surface area contributed by atoms with Gasteiger partial charge in [0.2, 0.25) is 5.28 Å². The zero-order chi connectivity index (χ0) is 20.7. The molecular formula is C17H18Cl2N4O6. The fourth-order valence-corrected chi connectivity index (χ4v) is 3.65. The third-order valence-electron chi connectivity index (χ3n) is 4.54. The zero-order valence-electron chi connectivity index (χ0n) is 15.6. The summed E-state index contributed by atoms with van der Waals surface area (Å²) >= 11 is 12.0. The van der Waals surface area contributed by atoms with Crippen LogP contribution < -0.4 is 0 Å². The highest BCUT2D eigenvalue weighted by molar-refractivity contribution is 6.35. The molecule has 0 bridgehead atoms. The van der Waals surface area contributed by atoms with Crippen LogP contribution in [0.1, 0.15) is 32.9 Å². The molecule has 1 saturated heterocycles. The second-order valence-corrected chi connectivity index (χ2v) is 7.55. The van der Waals surface area contributed by atoms with E-state index in [1.165, 1.54) is 24.7 Å². The van der Waals surface area contributed by atoms with Gasteiger partial charge in [0.05, 0.1) is 19.0 Å². The first-order valence-electron chi connectivity index (χ1n) is 9.00. The first-order chi connectivity index (χ1) is 13.8. The zero-order valence-corrected chi connectivity index (χ0v) is 17.1. The maximum atomic E-state index is 11.8. The minimum atomic E-state index is -0.950. The van der Waals surface area contributed by atoms with Crippen molar-refractivity contribution >= 4 is 46.3 Å². The number of carbonyl (C=O) groups excluding carboxylic acids is 2. The van der Waals surface area contributed by atoms with Crippen LogP contribution in [0.15, 0.2) is 6.33 Å². The smallest absolute Gasteiger partial charge is 0.303 e. The molecule has 0 N–H and O–H groups in total. The number of fused-ring (bicyclic) bond motifs is 1. The van der Waals surface area contributed by atoms with E-state index < -0.39 is 36.5 Å². The van der Waals surface area contributed by atoms with Gasteiger partial charge in [-0.05, 0) is 24.4 Å². The van der Waals surface area contributed by atoms with Gasteiger partial charge in [0.1, 0.15) is 11.6 Å². The molecule has 156 valence electrons. The number of halogens is 2. The number of ether oxygens (including phenoxy) is 4. The van der Waals surface area contributed by atoms with Crippen LogP contribution in [0.4, 0.5) is 0 Å². The molecule has 0 spiro atoms. The van der Waals surface area contributed by atoms with Gasteiger partial charge in [-0.1, -0.05) is 11.6 Å². The van der Waals surface area contributed by atoms with Gasteiger partial charge in [-0.25, -0.2) is 9.97 Å². The molecule has 3 heterocycles. The van der Waals surface area contributed by atoms with E-state index in [2.05, 4.69) is 15.0 Å². The van der Waals surface area contributed by atoms with Gasteiger partial charge in [-0.15, -0.1) is 0 Å². The van der Waals surface area contributed by atoms with E-state index in [4.69, 9.17) is 42.1 Å². The molecule has 1 aliphatic carbocycles. The van der Waals surface area contributed by atoms with Gasteiger partial charge in [-0.2, -0.15) is 4.98 Å². The fraction of sp³-hybridized carbons (Fsp3) is 0.588. The lowest BCUT2D eigenvalue weighted by Crippen LogP contribution is -2.40. The van der Waals surface area contributed by atoms with Crippen molar-refractivity contribution in [3.05, 3.63) is 16.8 Å². The van der Waals surface area contributed by atoms with Crippen molar-refractivity contribution in [1.82, 2.24) is 19.5 Å². The molecule has 2 fully saturated rings. The number of nitrogens with zero attached hydrogens (tertiary/aromatic N) is 4. The molecule has 12 heteroatoms. The summed E-state index contributed by atoms with van der Waals surface area (Å²) in [6, 6.07) is 0. The molecule has 0 aromatic carbocycles. The minimum absolute atomic E-state index is 0.0727. The predicted octanol–water partition coefficient (Wildman–Crippen LogP) is 2.07. The van der Waals surface area contributed by atoms with Gasteiger partial charge in [0, 0.05) is 13.8 Å². The van der Waals surface area contributed by atoms with E-state index in [9.17, 15) is 9.59 Å². The monoisotopic (exact) mass is 444 g/mol. The van der Waals surface area contributed by atoms with Gasteiger partial charge in [-0.3, -0.25) is 14.2 Å². The molecule has 10 nitrogen and oxygen atoms in total. The summed E-state index contributed by atoms with van der Waals surface area (Å²) in [7, 11) is 0. The van der Waals surface area contributed by atoms with E-state index in [1.54, 1.807) is 0 Å². The normalized spacial score (nSPS) is 26.6. The maximum Gasteiger partial charge on any atom is 0.303 e.